The zero-order valence-corrected chi connectivity index (χ0v) is 12.0. The summed E-state index contributed by atoms with van der Waals surface area (Å²) in [6, 6.07) is -0.535. The van der Waals surface area contributed by atoms with Crippen molar-refractivity contribution in [2.75, 3.05) is 13.1 Å². The minimum Gasteiger partial charge on any atom is -0.480 e. The van der Waals surface area contributed by atoms with Crippen molar-refractivity contribution in [3.05, 3.63) is 0 Å². The summed E-state index contributed by atoms with van der Waals surface area (Å²) in [6.45, 7) is 3.28. The molecule has 3 amide bonds. The number of nitrogens with one attached hydrogen (secondary N) is 1. The molecule has 0 aromatic heterocycles. The second-order valence-electron chi connectivity index (χ2n) is 5.54. The van der Waals surface area contributed by atoms with Crippen molar-refractivity contribution in [1.29, 1.82) is 0 Å². The molecule has 3 unspecified atom stereocenters. The number of rotatable bonds is 5. The van der Waals surface area contributed by atoms with Crippen LogP contribution in [0.25, 0.3) is 0 Å². The Morgan fingerprint density at radius 1 is 1.25 bits per heavy atom. The van der Waals surface area contributed by atoms with Crippen LogP contribution in [0, 0.1) is 11.8 Å². The lowest BCUT2D eigenvalue weighted by Gasteiger charge is -2.35. The maximum absolute atomic E-state index is 12.1. The van der Waals surface area contributed by atoms with Gasteiger partial charge in [-0.25, -0.2) is 4.79 Å². The van der Waals surface area contributed by atoms with Gasteiger partial charge in [-0.05, 0) is 18.3 Å². The molecule has 0 aliphatic heterocycles. The largest absolute Gasteiger partial charge is 0.480 e. The van der Waals surface area contributed by atoms with Crippen LogP contribution in [0.2, 0.25) is 0 Å². The van der Waals surface area contributed by atoms with Crippen LogP contribution in [0.5, 0.6) is 0 Å². The van der Waals surface area contributed by atoms with E-state index in [0.717, 1.165) is 24.2 Å². The van der Waals surface area contributed by atoms with Crippen LogP contribution in [0.4, 0.5) is 4.79 Å². The van der Waals surface area contributed by atoms with E-state index in [2.05, 4.69) is 19.2 Å². The molecule has 7 nitrogen and oxygen atoms in total. The molecule has 1 rings (SSSR count). The van der Waals surface area contributed by atoms with Crippen molar-refractivity contribution in [2.45, 2.75) is 39.2 Å². The van der Waals surface area contributed by atoms with E-state index in [9.17, 15) is 14.4 Å². The highest BCUT2D eigenvalue weighted by molar-refractivity contribution is 5.86. The van der Waals surface area contributed by atoms with E-state index in [0.29, 0.717) is 11.8 Å². The first-order valence-corrected chi connectivity index (χ1v) is 6.86. The first kappa shape index (κ1) is 16.3. The Bertz CT molecular complexity index is 370. The predicted octanol–water partition coefficient (Wildman–Crippen LogP) is 0.393. The Morgan fingerprint density at radius 3 is 2.45 bits per heavy atom. The molecule has 0 aromatic rings. The topological polar surface area (TPSA) is 113 Å². The SMILES string of the molecule is CC1CCCC(NC(=O)N(CC(N)=O)CC(=O)O)C1C. The highest BCUT2D eigenvalue weighted by atomic mass is 16.4. The molecule has 20 heavy (non-hydrogen) atoms. The predicted molar refractivity (Wildman–Crippen MR) is 72.9 cm³/mol. The number of carbonyl (C=O) groups is 3. The van der Waals surface area contributed by atoms with E-state index in [4.69, 9.17) is 10.8 Å². The average Bonchev–Trinajstić information content (AvgIpc) is 2.33. The highest BCUT2D eigenvalue weighted by Gasteiger charge is 2.30. The van der Waals surface area contributed by atoms with Crippen LogP contribution in [-0.4, -0.2) is 47.0 Å². The summed E-state index contributed by atoms with van der Waals surface area (Å²) in [5, 5.41) is 11.6. The van der Waals surface area contributed by atoms with Gasteiger partial charge >= 0.3 is 12.0 Å². The quantitative estimate of drug-likeness (QED) is 0.678. The fourth-order valence-corrected chi connectivity index (χ4v) is 2.59. The van der Waals surface area contributed by atoms with Gasteiger partial charge in [-0.1, -0.05) is 26.7 Å². The number of hydrogen-bond acceptors (Lipinski definition) is 3. The van der Waals surface area contributed by atoms with E-state index in [1.54, 1.807) is 0 Å². The Morgan fingerprint density at radius 2 is 1.90 bits per heavy atom. The van der Waals surface area contributed by atoms with E-state index >= 15 is 0 Å². The van der Waals surface area contributed by atoms with Crippen molar-refractivity contribution in [1.82, 2.24) is 10.2 Å². The van der Waals surface area contributed by atoms with Gasteiger partial charge in [-0.3, -0.25) is 9.59 Å². The zero-order chi connectivity index (χ0) is 15.3. The van der Waals surface area contributed by atoms with Gasteiger partial charge in [0.15, 0.2) is 0 Å². The summed E-state index contributed by atoms with van der Waals surface area (Å²) in [7, 11) is 0. The lowest BCUT2D eigenvalue weighted by molar-refractivity contribution is -0.137. The third kappa shape index (κ3) is 4.71. The smallest absolute Gasteiger partial charge is 0.323 e. The Kier molecular flexibility index (Phi) is 5.79. The maximum atomic E-state index is 12.1. The summed E-state index contributed by atoms with van der Waals surface area (Å²) in [6.07, 6.45) is 3.04. The molecule has 1 fully saturated rings. The van der Waals surface area contributed by atoms with Crippen molar-refractivity contribution < 1.29 is 19.5 Å². The van der Waals surface area contributed by atoms with Gasteiger partial charge in [0.1, 0.15) is 13.1 Å². The number of carboxylic acid groups (broad SMARTS) is 1. The van der Waals surface area contributed by atoms with Crippen LogP contribution in [-0.2, 0) is 9.59 Å². The molecule has 3 atom stereocenters. The summed E-state index contributed by atoms with van der Waals surface area (Å²) in [5.41, 5.74) is 5.04. The van der Waals surface area contributed by atoms with E-state index in [1.165, 1.54) is 0 Å². The summed E-state index contributed by atoms with van der Waals surface area (Å²) in [5.74, 6) is -1.07. The molecule has 0 heterocycles. The van der Waals surface area contributed by atoms with E-state index < -0.39 is 31.0 Å². The molecule has 1 aliphatic carbocycles. The van der Waals surface area contributed by atoms with Crippen LogP contribution < -0.4 is 11.1 Å². The Labute approximate surface area is 118 Å². The number of primary amides is 1. The second kappa shape index (κ2) is 7.12. The van der Waals surface area contributed by atoms with Crippen molar-refractivity contribution in [2.24, 2.45) is 17.6 Å². The fourth-order valence-electron chi connectivity index (χ4n) is 2.59. The minimum absolute atomic E-state index is 0.00965. The van der Waals surface area contributed by atoms with Gasteiger partial charge in [-0.15, -0.1) is 0 Å². The number of hydrogen-bond donors (Lipinski definition) is 3. The van der Waals surface area contributed by atoms with Crippen molar-refractivity contribution in [3.63, 3.8) is 0 Å². The molecule has 4 N–H and O–H groups in total. The van der Waals surface area contributed by atoms with Crippen LogP contribution in [0.15, 0.2) is 0 Å². The molecule has 0 spiro atoms. The summed E-state index contributed by atoms with van der Waals surface area (Å²) >= 11 is 0. The van der Waals surface area contributed by atoms with Gasteiger partial charge in [0.2, 0.25) is 5.91 Å². The molecule has 0 aromatic carbocycles. The maximum Gasteiger partial charge on any atom is 0.323 e. The molecular formula is C13H23N3O4. The van der Waals surface area contributed by atoms with Crippen molar-refractivity contribution >= 4 is 17.9 Å². The number of amides is 3. The van der Waals surface area contributed by atoms with E-state index in [-0.39, 0.29) is 6.04 Å². The highest BCUT2D eigenvalue weighted by Crippen LogP contribution is 2.29. The number of nitrogens with two attached hydrogens (primary N) is 1. The number of aliphatic carboxylic acids is 1. The lowest BCUT2D eigenvalue weighted by Crippen LogP contribution is -2.52. The Hall–Kier alpha value is -1.79. The zero-order valence-electron chi connectivity index (χ0n) is 12.0. The number of carbonyl (C=O) groups excluding carboxylic acids is 2. The molecule has 0 bridgehead atoms. The summed E-state index contributed by atoms with van der Waals surface area (Å²) < 4.78 is 0. The molecule has 1 aliphatic rings. The molecular weight excluding hydrogens is 262 g/mol. The first-order valence-electron chi connectivity index (χ1n) is 6.86. The van der Waals surface area contributed by atoms with E-state index in [1.807, 2.05) is 0 Å². The molecule has 0 saturated heterocycles. The Balaban J connectivity index is 2.64. The molecule has 1 saturated carbocycles. The third-order valence-corrected chi connectivity index (χ3v) is 3.98. The summed E-state index contributed by atoms with van der Waals surface area (Å²) in [4.78, 5) is 34.6. The molecule has 114 valence electrons. The fraction of sp³-hybridized carbons (Fsp3) is 0.769. The lowest BCUT2D eigenvalue weighted by atomic mass is 9.78. The van der Waals surface area contributed by atoms with Gasteiger partial charge < -0.3 is 21.1 Å². The van der Waals surface area contributed by atoms with Crippen LogP contribution in [0.3, 0.4) is 0 Å². The van der Waals surface area contributed by atoms with Crippen LogP contribution >= 0.6 is 0 Å². The van der Waals surface area contributed by atoms with Crippen molar-refractivity contribution in [3.8, 4) is 0 Å². The molecule has 7 heteroatoms. The first-order chi connectivity index (χ1) is 9.31. The third-order valence-electron chi connectivity index (χ3n) is 3.98. The van der Waals surface area contributed by atoms with Gasteiger partial charge in [0.05, 0.1) is 0 Å². The second-order valence-corrected chi connectivity index (χ2v) is 5.54. The van der Waals surface area contributed by atoms with Gasteiger partial charge in [-0.2, -0.15) is 0 Å². The number of nitrogens with zero attached hydrogens (tertiary/aromatic N) is 1. The van der Waals surface area contributed by atoms with Gasteiger partial charge in [0, 0.05) is 6.04 Å². The minimum atomic E-state index is -1.17. The molecule has 0 radical (unpaired) electrons. The van der Waals surface area contributed by atoms with Gasteiger partial charge in [0.25, 0.3) is 0 Å². The average molecular weight is 285 g/mol. The monoisotopic (exact) mass is 285 g/mol. The normalized spacial score (nSPS) is 25.8. The van der Waals surface area contributed by atoms with Crippen LogP contribution in [0.1, 0.15) is 33.1 Å². The standard InChI is InChI=1S/C13H23N3O4/c1-8-4-3-5-10(9(8)2)15-13(20)16(6-11(14)17)7-12(18)19/h8-10H,3-7H2,1-2H3,(H2,14,17)(H,15,20)(H,18,19). The number of urea groups is 1. The number of carboxylic acids is 1.